The number of aryl methyl sites for hydroxylation is 1. The predicted molar refractivity (Wildman–Crippen MR) is 115 cm³/mol. The van der Waals surface area contributed by atoms with Gasteiger partial charge in [-0.05, 0) is 73.4 Å². The van der Waals surface area contributed by atoms with Gasteiger partial charge in [-0.1, -0.05) is 53.2 Å². The minimum absolute atomic E-state index is 0.237. The zero-order valence-electron chi connectivity index (χ0n) is 15.1. The average molecular weight is 396 g/mol. The molecule has 4 heteroatoms. The lowest BCUT2D eigenvalue weighted by atomic mass is 10.0. The van der Waals surface area contributed by atoms with E-state index in [0.29, 0.717) is 5.02 Å². The van der Waals surface area contributed by atoms with Crippen LogP contribution in [0.1, 0.15) is 16.7 Å². The highest BCUT2D eigenvalue weighted by molar-refractivity contribution is 8.02. The molecule has 1 nitrogen and oxygen atoms in total. The van der Waals surface area contributed by atoms with E-state index in [4.69, 9.17) is 16.6 Å². The van der Waals surface area contributed by atoms with Gasteiger partial charge < -0.3 is 0 Å². The molecule has 0 heterocycles. The highest BCUT2D eigenvalue weighted by atomic mass is 35.5. The molecule has 0 spiro atoms. The molecule has 0 aliphatic carbocycles. The third kappa shape index (κ3) is 5.31. The number of hydrogen-bond acceptors (Lipinski definition) is 2. The zero-order valence-corrected chi connectivity index (χ0v) is 16.7. The van der Waals surface area contributed by atoms with Crippen molar-refractivity contribution in [1.82, 2.24) is 0 Å². The van der Waals surface area contributed by atoms with E-state index in [1.54, 1.807) is 12.1 Å². The van der Waals surface area contributed by atoms with Gasteiger partial charge in [0.1, 0.15) is 5.82 Å². The van der Waals surface area contributed by atoms with Crippen LogP contribution >= 0.6 is 23.4 Å². The lowest BCUT2D eigenvalue weighted by molar-refractivity contribution is 0.626. The molecule has 0 aliphatic heterocycles. The fourth-order valence-corrected chi connectivity index (χ4v) is 3.34. The molecule has 0 bridgehead atoms. The molecule has 0 radical (unpaired) electrons. The van der Waals surface area contributed by atoms with Crippen molar-refractivity contribution in [2.45, 2.75) is 18.7 Å². The Labute approximate surface area is 168 Å². The van der Waals surface area contributed by atoms with E-state index in [2.05, 4.69) is 6.92 Å². The maximum absolute atomic E-state index is 13.1. The van der Waals surface area contributed by atoms with Crippen LogP contribution < -0.4 is 0 Å². The van der Waals surface area contributed by atoms with Crippen LogP contribution in [0.15, 0.2) is 88.1 Å². The highest BCUT2D eigenvalue weighted by Gasteiger charge is 2.07. The van der Waals surface area contributed by atoms with E-state index in [9.17, 15) is 4.39 Å². The van der Waals surface area contributed by atoms with Crippen molar-refractivity contribution >= 4 is 34.8 Å². The molecule has 3 aromatic carbocycles. The third-order valence-electron chi connectivity index (χ3n) is 4.07. The molecule has 27 heavy (non-hydrogen) atoms. The first kappa shape index (κ1) is 19.4. The Bertz CT molecular complexity index is 976. The van der Waals surface area contributed by atoms with Gasteiger partial charge in [0.05, 0.1) is 11.4 Å². The van der Waals surface area contributed by atoms with Crippen molar-refractivity contribution in [3.05, 3.63) is 106 Å². The fraction of sp³-hybridized carbons (Fsp3) is 0.0870. The standard InChI is InChI=1S/C23H19ClFNS/c1-16-6-10-19(11-7-16)26-23(21-4-3-5-22(24)17(21)2)14-15-27-20-12-8-18(25)9-13-20/h3-15H,1-2H3. The first-order valence-corrected chi connectivity index (χ1v) is 9.78. The summed E-state index contributed by atoms with van der Waals surface area (Å²) in [6, 6.07) is 20.3. The van der Waals surface area contributed by atoms with Crippen LogP contribution in [0.4, 0.5) is 10.1 Å². The van der Waals surface area contributed by atoms with E-state index in [1.807, 2.05) is 60.9 Å². The Balaban J connectivity index is 1.94. The van der Waals surface area contributed by atoms with Gasteiger partial charge in [-0.2, -0.15) is 0 Å². The maximum atomic E-state index is 13.1. The first-order valence-electron chi connectivity index (χ1n) is 8.52. The fourth-order valence-electron chi connectivity index (χ4n) is 2.52. The van der Waals surface area contributed by atoms with Crippen molar-refractivity contribution in [2.24, 2.45) is 4.99 Å². The third-order valence-corrected chi connectivity index (χ3v) is 5.30. The van der Waals surface area contributed by atoms with Crippen molar-refractivity contribution in [3.63, 3.8) is 0 Å². The summed E-state index contributed by atoms with van der Waals surface area (Å²) in [5, 5.41) is 2.67. The molecule has 3 rings (SSSR count). The van der Waals surface area contributed by atoms with E-state index in [-0.39, 0.29) is 5.82 Å². The minimum Gasteiger partial charge on any atom is -0.248 e. The van der Waals surface area contributed by atoms with Crippen LogP contribution in [-0.2, 0) is 0 Å². The molecule has 0 saturated carbocycles. The normalized spacial score (nSPS) is 11.9. The van der Waals surface area contributed by atoms with Crippen molar-refractivity contribution in [2.75, 3.05) is 0 Å². The van der Waals surface area contributed by atoms with Crippen LogP contribution in [-0.4, -0.2) is 5.71 Å². The zero-order chi connectivity index (χ0) is 19.2. The van der Waals surface area contributed by atoms with Gasteiger partial charge in [-0.25, -0.2) is 9.38 Å². The van der Waals surface area contributed by atoms with Gasteiger partial charge >= 0.3 is 0 Å². The molecule has 0 aliphatic rings. The number of allylic oxidation sites excluding steroid dienone is 1. The highest BCUT2D eigenvalue weighted by Crippen LogP contribution is 2.24. The Morgan fingerprint density at radius 3 is 2.37 bits per heavy atom. The summed E-state index contributed by atoms with van der Waals surface area (Å²) >= 11 is 7.82. The van der Waals surface area contributed by atoms with Crippen LogP contribution in [0.5, 0.6) is 0 Å². The molecule has 136 valence electrons. The van der Waals surface area contributed by atoms with Gasteiger partial charge in [0.2, 0.25) is 0 Å². The minimum atomic E-state index is -0.237. The second kappa shape index (κ2) is 9.03. The maximum Gasteiger partial charge on any atom is 0.123 e. The molecule has 0 saturated heterocycles. The molecule has 0 fully saturated rings. The van der Waals surface area contributed by atoms with Gasteiger partial charge in [0.15, 0.2) is 0 Å². The summed E-state index contributed by atoms with van der Waals surface area (Å²) < 4.78 is 13.1. The number of rotatable bonds is 5. The lowest BCUT2D eigenvalue weighted by Gasteiger charge is -2.08. The molecule has 0 amide bonds. The molecule has 0 unspecified atom stereocenters. The smallest absolute Gasteiger partial charge is 0.123 e. The molecular formula is C23H19ClFNS. The molecule has 0 aromatic heterocycles. The number of hydrogen-bond donors (Lipinski definition) is 0. The average Bonchev–Trinajstić information content (AvgIpc) is 2.66. The Morgan fingerprint density at radius 1 is 0.963 bits per heavy atom. The number of benzene rings is 3. The molecular weight excluding hydrogens is 377 g/mol. The quantitative estimate of drug-likeness (QED) is 0.321. The summed E-state index contributed by atoms with van der Waals surface area (Å²) in [5.41, 5.74) is 4.87. The van der Waals surface area contributed by atoms with Crippen molar-refractivity contribution in [3.8, 4) is 0 Å². The van der Waals surface area contributed by atoms with E-state index in [1.165, 1.54) is 29.5 Å². The summed E-state index contributed by atoms with van der Waals surface area (Å²) in [4.78, 5) is 5.78. The predicted octanol–water partition coefficient (Wildman–Crippen LogP) is 7.52. The van der Waals surface area contributed by atoms with Crippen LogP contribution in [0.3, 0.4) is 0 Å². The summed E-state index contributed by atoms with van der Waals surface area (Å²) in [6.07, 6.45) is 1.96. The Hall–Kier alpha value is -2.36. The van der Waals surface area contributed by atoms with Crippen LogP contribution in [0.25, 0.3) is 0 Å². The number of aliphatic imine (C=N–C) groups is 1. The summed E-state index contributed by atoms with van der Waals surface area (Å²) in [6.45, 7) is 4.04. The van der Waals surface area contributed by atoms with E-state index in [0.717, 1.165) is 27.4 Å². The van der Waals surface area contributed by atoms with E-state index < -0.39 is 0 Å². The van der Waals surface area contributed by atoms with Crippen LogP contribution in [0, 0.1) is 19.7 Å². The largest absolute Gasteiger partial charge is 0.248 e. The summed E-state index contributed by atoms with van der Waals surface area (Å²) in [7, 11) is 0. The monoisotopic (exact) mass is 395 g/mol. The van der Waals surface area contributed by atoms with Gasteiger partial charge in [0, 0.05) is 15.5 Å². The second-order valence-corrected chi connectivity index (χ2v) is 7.51. The molecule has 0 N–H and O–H groups in total. The van der Waals surface area contributed by atoms with Crippen molar-refractivity contribution in [1.29, 1.82) is 0 Å². The van der Waals surface area contributed by atoms with Crippen molar-refractivity contribution < 1.29 is 4.39 Å². The van der Waals surface area contributed by atoms with E-state index >= 15 is 0 Å². The van der Waals surface area contributed by atoms with Gasteiger partial charge in [-0.3, -0.25) is 0 Å². The molecule has 0 atom stereocenters. The lowest BCUT2D eigenvalue weighted by Crippen LogP contribution is -2.00. The summed E-state index contributed by atoms with van der Waals surface area (Å²) in [5.74, 6) is -0.237. The number of halogens is 2. The topological polar surface area (TPSA) is 12.4 Å². The SMILES string of the molecule is Cc1ccc(N=C(C=CSc2ccc(F)cc2)c2cccc(Cl)c2C)cc1. The Kier molecular flexibility index (Phi) is 6.49. The van der Waals surface area contributed by atoms with Gasteiger partial charge in [-0.15, -0.1) is 0 Å². The Morgan fingerprint density at radius 2 is 1.67 bits per heavy atom. The number of thioether (sulfide) groups is 1. The first-order chi connectivity index (χ1) is 13.0. The number of nitrogens with zero attached hydrogens (tertiary/aromatic N) is 1. The molecule has 3 aromatic rings. The second-order valence-electron chi connectivity index (χ2n) is 6.12. The van der Waals surface area contributed by atoms with Crippen LogP contribution in [0.2, 0.25) is 5.02 Å². The van der Waals surface area contributed by atoms with Gasteiger partial charge in [0.25, 0.3) is 0 Å².